The number of benzene rings is 3. The molecule has 0 atom stereocenters. The molecule has 0 aliphatic rings. The summed E-state index contributed by atoms with van der Waals surface area (Å²) in [5, 5.41) is 3.43. The maximum Gasteiger partial charge on any atom is 0.416 e. The van der Waals surface area contributed by atoms with Crippen molar-refractivity contribution in [2.75, 3.05) is 20.7 Å². The number of hydrogen-bond donors (Lipinski definition) is 2. The first-order valence-electron chi connectivity index (χ1n) is 11.7. The van der Waals surface area contributed by atoms with E-state index in [0.29, 0.717) is 12.1 Å². The summed E-state index contributed by atoms with van der Waals surface area (Å²) in [5.41, 5.74) is 1.08. The van der Waals surface area contributed by atoms with Gasteiger partial charge in [-0.1, -0.05) is 24.3 Å². The normalized spacial score (nSPS) is 11.7. The molecule has 0 heterocycles. The van der Waals surface area contributed by atoms with Crippen LogP contribution in [0.2, 0.25) is 0 Å². The number of carbonyl (C=O) groups is 2. The van der Waals surface area contributed by atoms with Gasteiger partial charge in [0.1, 0.15) is 28.9 Å². The Balaban J connectivity index is 1.75. The number of urea groups is 1. The summed E-state index contributed by atoms with van der Waals surface area (Å²) in [7, 11) is 2.33. The third-order valence-corrected chi connectivity index (χ3v) is 5.72. The van der Waals surface area contributed by atoms with Crippen molar-refractivity contribution in [1.82, 2.24) is 15.8 Å². The predicted molar refractivity (Wildman–Crippen MR) is 135 cm³/mol. The molecule has 0 radical (unpaired) electrons. The second-order valence-electron chi connectivity index (χ2n) is 8.27. The van der Waals surface area contributed by atoms with Gasteiger partial charge < -0.3 is 10.1 Å². The average molecular weight is 567 g/mol. The Morgan fingerprint density at radius 3 is 2.33 bits per heavy atom. The van der Waals surface area contributed by atoms with Gasteiger partial charge in [-0.15, -0.1) is 0 Å². The van der Waals surface area contributed by atoms with E-state index in [0.717, 1.165) is 30.3 Å². The highest BCUT2D eigenvalue weighted by Gasteiger charge is 2.32. The summed E-state index contributed by atoms with van der Waals surface area (Å²) < 4.78 is 87.0. The van der Waals surface area contributed by atoms with Gasteiger partial charge in [-0.2, -0.15) is 13.2 Å². The van der Waals surface area contributed by atoms with E-state index >= 15 is 0 Å². The van der Waals surface area contributed by atoms with Crippen LogP contribution in [0.5, 0.6) is 0 Å². The first-order chi connectivity index (χ1) is 18.9. The van der Waals surface area contributed by atoms with Gasteiger partial charge in [-0.3, -0.25) is 10.4 Å². The first kappa shape index (κ1) is 30.0. The molecule has 3 aromatic rings. The molecule has 7 nitrogen and oxygen atoms in total. The zero-order valence-electron chi connectivity index (χ0n) is 21.5. The van der Waals surface area contributed by atoms with Crippen molar-refractivity contribution in [2.24, 2.45) is 4.99 Å². The van der Waals surface area contributed by atoms with Gasteiger partial charge in [-0.25, -0.2) is 27.8 Å². The number of rotatable bonds is 6. The highest BCUT2D eigenvalue weighted by molar-refractivity contribution is 6.00. The number of ether oxygens (including phenoxy) is 1. The fraction of sp³-hybridized carbons (Fsp3) is 0.222. The Kier molecular flexibility index (Phi) is 9.40. The molecule has 212 valence electrons. The lowest BCUT2D eigenvalue weighted by Crippen LogP contribution is -2.50. The van der Waals surface area contributed by atoms with Gasteiger partial charge in [-0.05, 0) is 48.4 Å². The smallest absolute Gasteiger partial charge is 0.416 e. The number of amides is 2. The van der Waals surface area contributed by atoms with E-state index in [1.165, 1.54) is 31.3 Å². The number of methoxy groups -OCH3 is 1. The topological polar surface area (TPSA) is 83.0 Å². The Morgan fingerprint density at radius 1 is 1.00 bits per heavy atom. The lowest BCUT2D eigenvalue weighted by Gasteiger charge is -2.24. The van der Waals surface area contributed by atoms with E-state index in [-0.39, 0.29) is 46.7 Å². The van der Waals surface area contributed by atoms with E-state index < -0.39 is 41.2 Å². The number of nitrogens with one attached hydrogen (secondary N) is 2. The van der Waals surface area contributed by atoms with E-state index in [9.17, 15) is 35.9 Å². The SMILES string of the molecule is CCN(NC(=NC)c1cc(F)cc(C(F)(F)F)c1)C(=O)NCc1ccc(-c2cccc(F)c2C(=O)OC)cc1F. The fourth-order valence-electron chi connectivity index (χ4n) is 3.73. The molecule has 0 aromatic heterocycles. The molecule has 2 amide bonds. The molecule has 0 saturated heterocycles. The average Bonchev–Trinajstić information content (AvgIpc) is 2.91. The third kappa shape index (κ3) is 6.90. The van der Waals surface area contributed by atoms with Gasteiger partial charge in [0.05, 0.1) is 12.7 Å². The molecule has 0 aliphatic carbocycles. The standard InChI is InChI=1S/C27H24F6N4O3/c1-4-37(36-24(34-2)17-10-18(27(31,32)33)13-19(28)11-17)26(39)35-14-16-9-8-15(12-22(16)30)20-6-5-7-21(29)23(20)25(38)40-3/h5-13H,4,14H2,1-3H3,(H,34,36)(H,35,39). The number of hydrazine groups is 1. The second-order valence-corrected chi connectivity index (χ2v) is 8.27. The van der Waals surface area contributed by atoms with Crippen LogP contribution in [-0.4, -0.2) is 43.5 Å². The lowest BCUT2D eigenvalue weighted by atomic mass is 9.98. The number of alkyl halides is 3. The van der Waals surface area contributed by atoms with Gasteiger partial charge >= 0.3 is 18.2 Å². The molecule has 0 bridgehead atoms. The van der Waals surface area contributed by atoms with Crippen LogP contribution in [0, 0.1) is 17.5 Å². The number of halogens is 6. The van der Waals surface area contributed by atoms with Crippen molar-refractivity contribution >= 4 is 17.8 Å². The zero-order chi connectivity index (χ0) is 29.6. The van der Waals surface area contributed by atoms with Gasteiger partial charge in [0, 0.05) is 31.3 Å². The van der Waals surface area contributed by atoms with Crippen LogP contribution in [-0.2, 0) is 17.5 Å². The molecular weight excluding hydrogens is 542 g/mol. The third-order valence-electron chi connectivity index (χ3n) is 5.72. The zero-order valence-corrected chi connectivity index (χ0v) is 21.5. The molecule has 40 heavy (non-hydrogen) atoms. The lowest BCUT2D eigenvalue weighted by molar-refractivity contribution is -0.137. The minimum atomic E-state index is -4.80. The van der Waals surface area contributed by atoms with Crippen LogP contribution < -0.4 is 10.7 Å². The largest absolute Gasteiger partial charge is 0.465 e. The van der Waals surface area contributed by atoms with E-state index in [1.807, 2.05) is 0 Å². The van der Waals surface area contributed by atoms with Gasteiger partial charge in [0.25, 0.3) is 0 Å². The second kappa shape index (κ2) is 12.5. The van der Waals surface area contributed by atoms with Crippen molar-refractivity contribution < 1.29 is 40.7 Å². The van der Waals surface area contributed by atoms with Crippen molar-refractivity contribution in [1.29, 1.82) is 0 Å². The van der Waals surface area contributed by atoms with E-state index in [2.05, 4.69) is 20.5 Å². The van der Waals surface area contributed by atoms with Crippen LogP contribution in [0.25, 0.3) is 11.1 Å². The molecule has 0 saturated carbocycles. The van der Waals surface area contributed by atoms with Crippen LogP contribution in [0.3, 0.4) is 0 Å². The Bertz CT molecular complexity index is 1440. The number of esters is 1. The fourth-order valence-corrected chi connectivity index (χ4v) is 3.73. The monoisotopic (exact) mass is 566 g/mol. The summed E-state index contributed by atoms with van der Waals surface area (Å²) >= 11 is 0. The van der Waals surface area contributed by atoms with E-state index in [1.54, 1.807) is 6.92 Å². The van der Waals surface area contributed by atoms with Gasteiger partial charge in [0.2, 0.25) is 0 Å². The summed E-state index contributed by atoms with van der Waals surface area (Å²) in [4.78, 5) is 28.6. The molecule has 3 rings (SSSR count). The molecule has 2 N–H and O–H groups in total. The summed E-state index contributed by atoms with van der Waals surface area (Å²) in [6.07, 6.45) is -4.80. The number of amidine groups is 1. The quantitative estimate of drug-likeness (QED) is 0.132. The number of carbonyl (C=O) groups excluding carboxylic acids is 2. The predicted octanol–water partition coefficient (Wildman–Crippen LogP) is 5.69. The van der Waals surface area contributed by atoms with Crippen molar-refractivity contribution in [3.8, 4) is 11.1 Å². The Labute approximate surface area is 225 Å². The molecule has 0 aliphatic heterocycles. The summed E-state index contributed by atoms with van der Waals surface area (Å²) in [5.74, 6) is -3.88. The molecular formula is C27H24F6N4O3. The Hall–Kier alpha value is -4.55. The summed E-state index contributed by atoms with van der Waals surface area (Å²) in [6.45, 7) is 1.26. The number of aliphatic imine (C=N–C) groups is 1. The van der Waals surface area contributed by atoms with Crippen LogP contribution in [0.15, 0.2) is 59.6 Å². The highest BCUT2D eigenvalue weighted by atomic mass is 19.4. The highest BCUT2D eigenvalue weighted by Crippen LogP contribution is 2.31. The molecule has 0 unspecified atom stereocenters. The summed E-state index contributed by atoms with van der Waals surface area (Å²) in [6, 6.07) is 8.78. The van der Waals surface area contributed by atoms with Crippen LogP contribution in [0.4, 0.5) is 31.1 Å². The van der Waals surface area contributed by atoms with Crippen molar-refractivity contribution in [2.45, 2.75) is 19.6 Å². The van der Waals surface area contributed by atoms with Crippen molar-refractivity contribution in [3.63, 3.8) is 0 Å². The number of hydrogen-bond acceptors (Lipinski definition) is 4. The molecule has 0 fully saturated rings. The maximum atomic E-state index is 14.9. The molecule has 0 spiro atoms. The van der Waals surface area contributed by atoms with Gasteiger partial charge in [0.15, 0.2) is 0 Å². The minimum Gasteiger partial charge on any atom is -0.465 e. The maximum absolute atomic E-state index is 14.9. The first-order valence-corrected chi connectivity index (χ1v) is 11.7. The van der Waals surface area contributed by atoms with Crippen molar-refractivity contribution in [3.05, 3.63) is 94.3 Å². The number of nitrogens with zero attached hydrogens (tertiary/aromatic N) is 2. The van der Waals surface area contributed by atoms with Crippen LogP contribution in [0.1, 0.15) is 34.0 Å². The molecule has 13 heteroatoms. The van der Waals surface area contributed by atoms with E-state index in [4.69, 9.17) is 0 Å². The Morgan fingerprint density at radius 2 is 1.73 bits per heavy atom. The van der Waals surface area contributed by atoms with Crippen LogP contribution >= 0.6 is 0 Å². The minimum absolute atomic E-state index is 0.00356. The molecule has 3 aromatic carbocycles.